The van der Waals surface area contributed by atoms with Crippen molar-refractivity contribution >= 4 is 29.5 Å². The molecule has 0 unspecified atom stereocenters. The van der Waals surface area contributed by atoms with Crippen LogP contribution in [0.2, 0.25) is 0 Å². The zero-order valence-electron chi connectivity index (χ0n) is 12.5. The summed E-state index contributed by atoms with van der Waals surface area (Å²) < 4.78 is 4.93. The van der Waals surface area contributed by atoms with E-state index in [2.05, 4.69) is 0 Å². The number of nitro benzene ring substituents is 1. The molecule has 0 spiro atoms. The maximum Gasteiger partial charge on any atom is 0.342 e. The SMILES string of the molecule is COc1ccc(/C=C(/Sc2ccc([N+](=O)[O-])cc2)C(=O)O)cc1O. The topological polar surface area (TPSA) is 110 Å². The van der Waals surface area contributed by atoms with E-state index in [9.17, 15) is 25.1 Å². The molecule has 0 fully saturated rings. The lowest BCUT2D eigenvalue weighted by molar-refractivity contribution is -0.384. The Morgan fingerprint density at radius 1 is 1.25 bits per heavy atom. The molecule has 2 aromatic carbocycles. The molecule has 7 nitrogen and oxygen atoms in total. The molecule has 0 amide bonds. The number of benzene rings is 2. The molecular weight excluding hydrogens is 334 g/mol. The number of non-ortho nitro benzene ring substituents is 1. The Bertz CT molecular complexity index is 801. The Morgan fingerprint density at radius 3 is 2.42 bits per heavy atom. The summed E-state index contributed by atoms with van der Waals surface area (Å²) >= 11 is 0.954. The lowest BCUT2D eigenvalue weighted by Gasteiger charge is -2.05. The summed E-state index contributed by atoms with van der Waals surface area (Å²) in [6.07, 6.45) is 1.40. The van der Waals surface area contributed by atoms with Crippen LogP contribution in [0.4, 0.5) is 5.69 Å². The number of nitro groups is 1. The van der Waals surface area contributed by atoms with Gasteiger partial charge in [-0.2, -0.15) is 0 Å². The van der Waals surface area contributed by atoms with Crippen molar-refractivity contribution in [1.82, 2.24) is 0 Å². The van der Waals surface area contributed by atoms with Crippen LogP contribution in [0.15, 0.2) is 52.3 Å². The van der Waals surface area contributed by atoms with Gasteiger partial charge >= 0.3 is 5.97 Å². The van der Waals surface area contributed by atoms with Gasteiger partial charge in [-0.1, -0.05) is 17.8 Å². The van der Waals surface area contributed by atoms with Gasteiger partial charge in [-0.15, -0.1) is 0 Å². The van der Waals surface area contributed by atoms with Gasteiger partial charge < -0.3 is 14.9 Å². The number of ether oxygens (including phenoxy) is 1. The van der Waals surface area contributed by atoms with Crippen molar-refractivity contribution in [3.05, 3.63) is 63.0 Å². The van der Waals surface area contributed by atoms with Gasteiger partial charge in [0.1, 0.15) is 0 Å². The van der Waals surface area contributed by atoms with E-state index >= 15 is 0 Å². The minimum atomic E-state index is -1.14. The van der Waals surface area contributed by atoms with Crippen LogP contribution in [-0.2, 0) is 4.79 Å². The molecule has 0 aliphatic carbocycles. The average molecular weight is 347 g/mol. The molecule has 2 N–H and O–H groups in total. The molecule has 124 valence electrons. The number of hydrogen-bond donors (Lipinski definition) is 2. The first-order chi connectivity index (χ1) is 11.4. The van der Waals surface area contributed by atoms with Gasteiger partial charge in [0.2, 0.25) is 0 Å². The third kappa shape index (κ3) is 4.26. The Balaban J connectivity index is 2.27. The predicted octanol–water partition coefficient (Wildman–Crippen LogP) is 3.53. The lowest BCUT2D eigenvalue weighted by Crippen LogP contribution is -1.97. The quantitative estimate of drug-likeness (QED) is 0.356. The molecule has 0 aliphatic heterocycles. The molecule has 8 heteroatoms. The van der Waals surface area contributed by atoms with Gasteiger partial charge in [-0.05, 0) is 35.9 Å². The summed E-state index contributed by atoms with van der Waals surface area (Å²) in [6, 6.07) is 10.1. The zero-order valence-corrected chi connectivity index (χ0v) is 13.3. The van der Waals surface area contributed by atoms with Gasteiger partial charge in [0.15, 0.2) is 11.5 Å². The number of nitrogens with zero attached hydrogens (tertiary/aromatic N) is 1. The van der Waals surface area contributed by atoms with Crippen LogP contribution in [0, 0.1) is 10.1 Å². The maximum absolute atomic E-state index is 11.4. The highest BCUT2D eigenvalue weighted by Gasteiger charge is 2.12. The van der Waals surface area contributed by atoms with Crippen LogP contribution >= 0.6 is 11.8 Å². The second-order valence-corrected chi connectivity index (χ2v) is 5.71. The van der Waals surface area contributed by atoms with Crippen molar-refractivity contribution in [2.75, 3.05) is 7.11 Å². The van der Waals surface area contributed by atoms with Crippen LogP contribution < -0.4 is 4.74 Å². The Kier molecular flexibility index (Phi) is 5.43. The molecule has 24 heavy (non-hydrogen) atoms. The second-order valence-electron chi connectivity index (χ2n) is 4.60. The monoisotopic (exact) mass is 347 g/mol. The maximum atomic E-state index is 11.4. The molecule has 0 aromatic heterocycles. The van der Waals surface area contributed by atoms with E-state index < -0.39 is 10.9 Å². The van der Waals surface area contributed by atoms with Crippen molar-refractivity contribution in [2.24, 2.45) is 0 Å². The number of methoxy groups -OCH3 is 1. The summed E-state index contributed by atoms with van der Waals surface area (Å²) in [5, 5.41) is 29.7. The van der Waals surface area contributed by atoms with E-state index in [-0.39, 0.29) is 22.1 Å². The van der Waals surface area contributed by atoms with Crippen LogP contribution in [0.3, 0.4) is 0 Å². The summed E-state index contributed by atoms with van der Waals surface area (Å²) in [6.45, 7) is 0. The van der Waals surface area contributed by atoms with Gasteiger partial charge in [-0.3, -0.25) is 10.1 Å². The first kappa shape index (κ1) is 17.4. The summed E-state index contributed by atoms with van der Waals surface area (Å²) in [5.74, 6) is -0.961. The number of hydrogen-bond acceptors (Lipinski definition) is 6. The predicted molar refractivity (Wildman–Crippen MR) is 89.2 cm³/mol. The van der Waals surface area contributed by atoms with Crippen molar-refractivity contribution in [3.8, 4) is 11.5 Å². The molecule has 2 aromatic rings. The molecule has 0 saturated heterocycles. The normalized spacial score (nSPS) is 11.1. The number of phenolic OH excluding ortho intramolecular Hbond substituents is 1. The number of carbonyl (C=O) groups is 1. The fourth-order valence-corrected chi connectivity index (χ4v) is 2.65. The largest absolute Gasteiger partial charge is 0.504 e. The second kappa shape index (κ2) is 7.51. The molecule has 2 rings (SSSR count). The van der Waals surface area contributed by atoms with Crippen LogP contribution in [0.5, 0.6) is 11.5 Å². The average Bonchev–Trinajstić information content (AvgIpc) is 2.54. The lowest BCUT2D eigenvalue weighted by atomic mass is 10.2. The van der Waals surface area contributed by atoms with Crippen molar-refractivity contribution in [2.45, 2.75) is 4.90 Å². The van der Waals surface area contributed by atoms with Gasteiger partial charge in [0.25, 0.3) is 5.69 Å². The molecule has 0 heterocycles. The number of aliphatic carboxylic acids is 1. The van der Waals surface area contributed by atoms with Crippen LogP contribution in [-0.4, -0.2) is 28.2 Å². The van der Waals surface area contributed by atoms with Gasteiger partial charge in [-0.25, -0.2) is 4.79 Å². The molecule has 0 aliphatic rings. The summed E-state index contributed by atoms with van der Waals surface area (Å²) in [5.41, 5.74) is 0.417. The van der Waals surface area contributed by atoms with Crippen molar-refractivity contribution in [1.29, 1.82) is 0 Å². The fourth-order valence-electron chi connectivity index (χ4n) is 1.85. The molecule has 0 radical (unpaired) electrons. The molecule has 0 bridgehead atoms. The molecule has 0 atom stereocenters. The number of carboxylic acids is 1. The molecule has 0 saturated carbocycles. The number of rotatable bonds is 6. The van der Waals surface area contributed by atoms with Crippen molar-refractivity contribution in [3.63, 3.8) is 0 Å². The smallest absolute Gasteiger partial charge is 0.342 e. The molecular formula is C16H13NO6S. The summed E-state index contributed by atoms with van der Waals surface area (Å²) in [4.78, 5) is 22.1. The first-order valence-corrected chi connectivity index (χ1v) is 7.46. The van der Waals surface area contributed by atoms with Crippen molar-refractivity contribution < 1.29 is 24.7 Å². The van der Waals surface area contributed by atoms with E-state index in [0.717, 1.165) is 11.8 Å². The Hall–Kier alpha value is -3.00. The zero-order chi connectivity index (χ0) is 17.7. The number of phenols is 1. The number of carboxylic acid groups (broad SMARTS) is 1. The Morgan fingerprint density at radius 2 is 1.92 bits per heavy atom. The highest BCUT2D eigenvalue weighted by Crippen LogP contribution is 2.32. The number of thioether (sulfide) groups is 1. The highest BCUT2D eigenvalue weighted by atomic mass is 32.2. The highest BCUT2D eigenvalue weighted by molar-refractivity contribution is 8.04. The minimum Gasteiger partial charge on any atom is -0.504 e. The van der Waals surface area contributed by atoms with Crippen LogP contribution in [0.1, 0.15) is 5.56 Å². The standard InChI is InChI=1S/C16H13NO6S/c1-23-14-7-2-10(8-13(14)18)9-15(16(19)20)24-12-5-3-11(4-6-12)17(21)22/h2-9,18H,1H3,(H,19,20)/b15-9+. The fraction of sp³-hybridized carbons (Fsp3) is 0.0625. The Labute approximate surface area is 141 Å². The first-order valence-electron chi connectivity index (χ1n) is 6.65. The van der Waals surface area contributed by atoms with E-state index in [0.29, 0.717) is 10.5 Å². The summed E-state index contributed by atoms with van der Waals surface area (Å²) in [7, 11) is 1.41. The number of aromatic hydroxyl groups is 1. The van der Waals surface area contributed by atoms with E-state index in [1.165, 1.54) is 49.6 Å². The van der Waals surface area contributed by atoms with Crippen LogP contribution in [0.25, 0.3) is 6.08 Å². The van der Waals surface area contributed by atoms with E-state index in [4.69, 9.17) is 4.74 Å². The van der Waals surface area contributed by atoms with E-state index in [1.54, 1.807) is 6.07 Å². The van der Waals surface area contributed by atoms with E-state index in [1.807, 2.05) is 0 Å². The van der Waals surface area contributed by atoms with Gasteiger partial charge in [0, 0.05) is 17.0 Å². The third-order valence-electron chi connectivity index (χ3n) is 2.99. The van der Waals surface area contributed by atoms with Gasteiger partial charge in [0.05, 0.1) is 16.9 Å². The third-order valence-corrected chi connectivity index (χ3v) is 4.01. The minimum absolute atomic E-state index is 0.00780.